The first-order valence-corrected chi connectivity index (χ1v) is 18.7. The number of benzene rings is 7. The van der Waals surface area contributed by atoms with Gasteiger partial charge in [-0.15, -0.1) is 11.3 Å². The van der Waals surface area contributed by atoms with Crippen molar-refractivity contribution in [2.45, 2.75) is 12.8 Å². The number of aromatic nitrogens is 1. The van der Waals surface area contributed by atoms with Crippen LogP contribution in [0.5, 0.6) is 0 Å². The first kappa shape index (κ1) is 29.4. The van der Waals surface area contributed by atoms with E-state index in [1.54, 1.807) is 0 Å². The van der Waals surface area contributed by atoms with Gasteiger partial charge >= 0.3 is 0 Å². The highest BCUT2D eigenvalue weighted by Crippen LogP contribution is 2.40. The van der Waals surface area contributed by atoms with E-state index in [4.69, 9.17) is 4.42 Å². The Morgan fingerprint density at radius 1 is 0.519 bits per heavy atom. The SMILES string of the molecule is C1=c2c(sc3ccccc23)=C(N(c2ccc(-c3ccc4c5ccccc5n(-c5ccccc5)c4c3)cc2)c2ccc3c(c2)oc2ccccc23)CC1. The molecule has 0 N–H and O–H groups in total. The van der Waals surface area contributed by atoms with E-state index in [2.05, 4.69) is 173 Å². The van der Waals surface area contributed by atoms with E-state index in [0.29, 0.717) is 0 Å². The number of fused-ring (bicyclic) bond motifs is 9. The van der Waals surface area contributed by atoms with Gasteiger partial charge < -0.3 is 13.9 Å². The van der Waals surface area contributed by atoms with Crippen molar-refractivity contribution >= 4 is 88.3 Å². The summed E-state index contributed by atoms with van der Waals surface area (Å²) in [5, 5.41) is 7.51. The van der Waals surface area contributed by atoms with Crippen LogP contribution in [0.4, 0.5) is 11.4 Å². The molecular weight excluding hydrogens is 653 g/mol. The van der Waals surface area contributed by atoms with E-state index < -0.39 is 0 Å². The molecule has 11 rings (SSSR count). The molecule has 0 saturated heterocycles. The Morgan fingerprint density at radius 3 is 2.08 bits per heavy atom. The molecule has 0 spiro atoms. The van der Waals surface area contributed by atoms with E-state index in [1.165, 1.54) is 64.2 Å². The molecule has 0 fully saturated rings. The summed E-state index contributed by atoms with van der Waals surface area (Å²) in [7, 11) is 0. The Kier molecular flexibility index (Phi) is 6.55. The van der Waals surface area contributed by atoms with Crippen molar-refractivity contribution in [1.29, 1.82) is 0 Å². The number of rotatable bonds is 5. The average molecular weight is 685 g/mol. The fourth-order valence-electron chi connectivity index (χ4n) is 8.29. The van der Waals surface area contributed by atoms with Gasteiger partial charge in [0, 0.05) is 60.5 Å². The minimum absolute atomic E-state index is 0.905. The normalized spacial score (nSPS) is 13.0. The molecule has 1 aliphatic carbocycles. The maximum absolute atomic E-state index is 6.42. The standard InChI is InChI=1S/C48H32N2OS/c1-2-11-33(12-3-1)50-42-17-7-4-13-36(42)37-27-23-32(29-44(37)50)31-21-24-34(25-22-31)49(35-26-28-39-38-14-5-8-19-45(38)51-46(39)30-35)43-18-10-16-41-40-15-6-9-20-47(40)52-48(41)43/h1-9,11-17,19-30H,10,18H2. The molecule has 0 radical (unpaired) electrons. The van der Waals surface area contributed by atoms with Gasteiger partial charge in [-0.3, -0.25) is 0 Å². The summed E-state index contributed by atoms with van der Waals surface area (Å²) in [6, 6.07) is 59.2. The van der Waals surface area contributed by atoms with Crippen LogP contribution in [0, 0.1) is 0 Å². The Hall–Kier alpha value is -6.36. The Morgan fingerprint density at radius 2 is 1.19 bits per heavy atom. The molecule has 1 aliphatic rings. The van der Waals surface area contributed by atoms with Crippen molar-refractivity contribution in [2.24, 2.45) is 0 Å². The minimum Gasteiger partial charge on any atom is -0.456 e. The second-order valence-electron chi connectivity index (χ2n) is 13.6. The van der Waals surface area contributed by atoms with E-state index in [0.717, 1.165) is 46.2 Å². The van der Waals surface area contributed by atoms with Crippen LogP contribution in [0.25, 0.3) is 82.4 Å². The lowest BCUT2D eigenvalue weighted by Gasteiger charge is -2.29. The van der Waals surface area contributed by atoms with Gasteiger partial charge in [0.05, 0.1) is 15.6 Å². The summed E-state index contributed by atoms with van der Waals surface area (Å²) >= 11 is 1.90. The molecule has 3 aromatic heterocycles. The molecule has 3 heterocycles. The monoisotopic (exact) mass is 684 g/mol. The van der Waals surface area contributed by atoms with Crippen molar-refractivity contribution in [3.63, 3.8) is 0 Å². The molecule has 4 heteroatoms. The lowest BCUT2D eigenvalue weighted by Crippen LogP contribution is -2.31. The third-order valence-corrected chi connectivity index (χ3v) is 11.9. The number of furan rings is 1. The van der Waals surface area contributed by atoms with Crippen molar-refractivity contribution < 1.29 is 4.42 Å². The molecular formula is C48H32N2OS. The highest BCUT2D eigenvalue weighted by atomic mass is 32.1. The van der Waals surface area contributed by atoms with E-state index in [-0.39, 0.29) is 0 Å². The van der Waals surface area contributed by atoms with Crippen LogP contribution in [0.15, 0.2) is 168 Å². The van der Waals surface area contributed by atoms with E-state index in [1.807, 2.05) is 17.4 Å². The fourth-order valence-corrected chi connectivity index (χ4v) is 9.55. The molecule has 7 aromatic carbocycles. The van der Waals surface area contributed by atoms with Gasteiger partial charge in [0.1, 0.15) is 11.2 Å². The van der Waals surface area contributed by atoms with Crippen molar-refractivity contribution in [1.82, 2.24) is 4.57 Å². The summed E-state index contributed by atoms with van der Waals surface area (Å²) in [4.78, 5) is 2.47. The number of para-hydroxylation sites is 3. The maximum atomic E-state index is 6.42. The van der Waals surface area contributed by atoms with Crippen LogP contribution in [-0.4, -0.2) is 4.57 Å². The molecule has 0 unspecified atom stereocenters. The molecule has 0 aliphatic heterocycles. The number of hydrogen-bond donors (Lipinski definition) is 0. The Bertz CT molecular complexity index is 3130. The van der Waals surface area contributed by atoms with Crippen molar-refractivity contribution in [3.05, 3.63) is 174 Å². The summed E-state index contributed by atoms with van der Waals surface area (Å²) in [6.45, 7) is 0. The third kappa shape index (κ3) is 4.51. The molecule has 0 atom stereocenters. The van der Waals surface area contributed by atoms with Gasteiger partial charge in [-0.2, -0.15) is 0 Å². The summed E-state index contributed by atoms with van der Waals surface area (Å²) in [5.41, 5.74) is 11.4. The summed E-state index contributed by atoms with van der Waals surface area (Å²) in [5.74, 6) is 0. The van der Waals surface area contributed by atoms with Crippen LogP contribution in [-0.2, 0) is 0 Å². The van der Waals surface area contributed by atoms with Crippen molar-refractivity contribution in [3.8, 4) is 16.8 Å². The molecule has 246 valence electrons. The minimum atomic E-state index is 0.905. The van der Waals surface area contributed by atoms with Gasteiger partial charge in [-0.05, 0) is 89.9 Å². The number of hydrogen-bond acceptors (Lipinski definition) is 3. The van der Waals surface area contributed by atoms with E-state index >= 15 is 0 Å². The zero-order valence-electron chi connectivity index (χ0n) is 28.3. The number of anilines is 2. The highest BCUT2D eigenvalue weighted by Gasteiger charge is 2.21. The topological polar surface area (TPSA) is 21.3 Å². The quantitative estimate of drug-likeness (QED) is 0.180. The van der Waals surface area contributed by atoms with Gasteiger partial charge in [0.2, 0.25) is 0 Å². The predicted octanol–water partition coefficient (Wildman–Crippen LogP) is 12.1. The average Bonchev–Trinajstić information content (AvgIpc) is 3.88. The number of thiophene rings is 1. The molecule has 0 saturated carbocycles. The van der Waals surface area contributed by atoms with Crippen LogP contribution in [0.2, 0.25) is 0 Å². The largest absolute Gasteiger partial charge is 0.456 e. The van der Waals surface area contributed by atoms with Gasteiger partial charge in [-0.25, -0.2) is 0 Å². The molecule has 52 heavy (non-hydrogen) atoms. The van der Waals surface area contributed by atoms with Crippen LogP contribution in [0.3, 0.4) is 0 Å². The maximum Gasteiger partial charge on any atom is 0.137 e. The Labute approximate surface area is 304 Å². The van der Waals surface area contributed by atoms with Gasteiger partial charge in [-0.1, -0.05) is 103 Å². The zero-order chi connectivity index (χ0) is 34.2. The Balaban J connectivity index is 1.08. The second kappa shape index (κ2) is 11.6. The fraction of sp³-hybridized carbons (Fsp3) is 0.0417. The lowest BCUT2D eigenvalue weighted by atomic mass is 10.0. The van der Waals surface area contributed by atoms with Gasteiger partial charge in [0.15, 0.2) is 0 Å². The van der Waals surface area contributed by atoms with Crippen LogP contribution < -0.4 is 14.7 Å². The molecule has 10 aromatic rings. The second-order valence-corrected chi connectivity index (χ2v) is 14.7. The molecule has 0 amide bonds. The smallest absolute Gasteiger partial charge is 0.137 e. The first-order chi connectivity index (χ1) is 25.8. The lowest BCUT2D eigenvalue weighted by molar-refractivity contribution is 0.669. The number of nitrogens with zero attached hydrogens (tertiary/aromatic N) is 2. The summed E-state index contributed by atoms with van der Waals surface area (Å²) in [6.07, 6.45) is 4.38. The summed E-state index contributed by atoms with van der Waals surface area (Å²) < 4.78 is 11.5. The molecule has 3 nitrogen and oxygen atoms in total. The van der Waals surface area contributed by atoms with Gasteiger partial charge in [0.25, 0.3) is 0 Å². The van der Waals surface area contributed by atoms with Crippen LogP contribution in [0.1, 0.15) is 12.8 Å². The highest BCUT2D eigenvalue weighted by molar-refractivity contribution is 7.17. The predicted molar refractivity (Wildman–Crippen MR) is 220 cm³/mol. The van der Waals surface area contributed by atoms with Crippen molar-refractivity contribution in [2.75, 3.05) is 4.90 Å². The van der Waals surface area contributed by atoms with E-state index in [9.17, 15) is 0 Å². The van der Waals surface area contributed by atoms with Crippen LogP contribution >= 0.6 is 11.3 Å². The molecule has 0 bridgehead atoms. The first-order valence-electron chi connectivity index (χ1n) is 17.9. The zero-order valence-corrected chi connectivity index (χ0v) is 29.1. The third-order valence-electron chi connectivity index (χ3n) is 10.7.